The Morgan fingerprint density at radius 2 is 2.00 bits per heavy atom. The molecule has 3 rings (SSSR count). The highest BCUT2D eigenvalue weighted by atomic mass is 32.1. The van der Waals surface area contributed by atoms with Gasteiger partial charge in [-0.3, -0.25) is 0 Å². The molecule has 0 unspecified atom stereocenters. The average molecular weight is 243 g/mol. The van der Waals surface area contributed by atoms with E-state index in [1.165, 1.54) is 6.33 Å². The normalized spacial score (nSPS) is 10.6. The lowest BCUT2D eigenvalue weighted by molar-refractivity contribution is 1.15. The molecule has 1 N–H and O–H groups in total. The minimum atomic E-state index is 0.610. The monoisotopic (exact) mass is 243 g/mol. The van der Waals surface area contributed by atoms with Crippen molar-refractivity contribution in [3.8, 4) is 11.3 Å². The summed E-state index contributed by atoms with van der Waals surface area (Å²) in [7, 11) is 1.81. The Labute approximate surface area is 102 Å². The molecule has 0 bridgehead atoms. The van der Waals surface area contributed by atoms with Gasteiger partial charge < -0.3 is 5.32 Å². The highest BCUT2D eigenvalue weighted by molar-refractivity contribution is 7.16. The van der Waals surface area contributed by atoms with E-state index < -0.39 is 0 Å². The fraction of sp³-hybridized carbons (Fsp3) is 0.0909. The molecule has 0 radical (unpaired) electrons. The van der Waals surface area contributed by atoms with Crippen molar-refractivity contribution < 1.29 is 0 Å². The van der Waals surface area contributed by atoms with Crippen molar-refractivity contribution in [1.29, 1.82) is 0 Å². The Bertz CT molecular complexity index is 649. The second-order valence-corrected chi connectivity index (χ2v) is 4.31. The van der Waals surface area contributed by atoms with Crippen LogP contribution in [0.4, 0.5) is 5.95 Å². The number of anilines is 1. The summed E-state index contributed by atoms with van der Waals surface area (Å²) in [6.45, 7) is 0. The molecule has 17 heavy (non-hydrogen) atoms. The summed E-state index contributed by atoms with van der Waals surface area (Å²) >= 11 is 1.59. The molecule has 3 aromatic heterocycles. The number of hydrogen-bond donors (Lipinski definition) is 1. The maximum atomic E-state index is 4.47. The molecule has 0 aliphatic carbocycles. The van der Waals surface area contributed by atoms with Crippen LogP contribution in [0, 0.1) is 0 Å². The number of fused-ring (bicyclic) bond motifs is 1. The molecular formula is C11H9N5S. The lowest BCUT2D eigenvalue weighted by Gasteiger charge is -2.04. The topological polar surface area (TPSA) is 63.6 Å². The maximum Gasteiger partial charge on any atom is 0.224 e. The van der Waals surface area contributed by atoms with Gasteiger partial charge in [0, 0.05) is 30.4 Å². The predicted octanol–water partition coefficient (Wildman–Crippen LogP) is 2.19. The Balaban J connectivity index is 2.30. The Hall–Kier alpha value is -2.08. The van der Waals surface area contributed by atoms with Crippen LogP contribution in [0.3, 0.4) is 0 Å². The summed E-state index contributed by atoms with van der Waals surface area (Å²) in [6, 6.07) is 2.02. The minimum absolute atomic E-state index is 0.610. The van der Waals surface area contributed by atoms with E-state index in [-0.39, 0.29) is 0 Å². The summed E-state index contributed by atoms with van der Waals surface area (Å²) < 4.78 is 0. The number of aromatic nitrogens is 4. The van der Waals surface area contributed by atoms with Crippen LogP contribution in [-0.2, 0) is 0 Å². The van der Waals surface area contributed by atoms with Crippen LogP contribution in [-0.4, -0.2) is 27.0 Å². The lowest BCUT2D eigenvalue weighted by Crippen LogP contribution is -1.98. The molecule has 0 fully saturated rings. The molecule has 3 aromatic rings. The van der Waals surface area contributed by atoms with Crippen LogP contribution < -0.4 is 5.32 Å². The average Bonchev–Trinajstić information content (AvgIpc) is 2.86. The molecule has 5 nitrogen and oxygen atoms in total. The van der Waals surface area contributed by atoms with Gasteiger partial charge in [-0.25, -0.2) is 19.9 Å². The van der Waals surface area contributed by atoms with E-state index in [1.54, 1.807) is 30.8 Å². The summed E-state index contributed by atoms with van der Waals surface area (Å²) in [4.78, 5) is 17.9. The van der Waals surface area contributed by atoms with Gasteiger partial charge in [0.1, 0.15) is 11.2 Å². The zero-order chi connectivity index (χ0) is 11.7. The third kappa shape index (κ3) is 1.72. The molecule has 0 saturated carbocycles. The molecule has 3 heterocycles. The Kier molecular flexibility index (Phi) is 2.41. The van der Waals surface area contributed by atoms with Crippen molar-refractivity contribution in [2.24, 2.45) is 0 Å². The molecule has 0 amide bonds. The fourth-order valence-electron chi connectivity index (χ4n) is 1.61. The minimum Gasteiger partial charge on any atom is -0.357 e. The zero-order valence-corrected chi connectivity index (χ0v) is 9.90. The predicted molar refractivity (Wildman–Crippen MR) is 68.0 cm³/mol. The second-order valence-electron chi connectivity index (χ2n) is 3.41. The van der Waals surface area contributed by atoms with Gasteiger partial charge in [0.05, 0.1) is 5.69 Å². The summed E-state index contributed by atoms with van der Waals surface area (Å²) in [5.41, 5.74) is 1.76. The molecule has 0 aliphatic heterocycles. The lowest BCUT2D eigenvalue weighted by atomic mass is 10.2. The molecule has 84 valence electrons. The number of rotatable bonds is 2. The molecule has 0 saturated heterocycles. The summed E-state index contributed by atoms with van der Waals surface area (Å²) in [5, 5.41) is 6.00. The van der Waals surface area contributed by atoms with E-state index in [0.717, 1.165) is 21.5 Å². The molecule has 0 atom stereocenters. The van der Waals surface area contributed by atoms with Crippen LogP contribution in [0.25, 0.3) is 21.5 Å². The number of nitrogens with one attached hydrogen (secondary N) is 1. The highest BCUT2D eigenvalue weighted by Gasteiger charge is 2.10. The van der Waals surface area contributed by atoms with Crippen LogP contribution in [0.1, 0.15) is 0 Å². The number of thiophene rings is 1. The van der Waals surface area contributed by atoms with Crippen molar-refractivity contribution >= 4 is 27.5 Å². The van der Waals surface area contributed by atoms with Crippen molar-refractivity contribution in [2.75, 3.05) is 12.4 Å². The SMILES string of the molecule is CNc1nc(-c2cncnc2)c2ccsc2n1. The summed E-state index contributed by atoms with van der Waals surface area (Å²) in [6.07, 6.45) is 5.02. The molecule has 0 aliphatic rings. The van der Waals surface area contributed by atoms with Gasteiger partial charge in [0.2, 0.25) is 5.95 Å². The van der Waals surface area contributed by atoms with Crippen molar-refractivity contribution in [3.05, 3.63) is 30.2 Å². The van der Waals surface area contributed by atoms with Gasteiger partial charge in [-0.05, 0) is 11.4 Å². The van der Waals surface area contributed by atoms with Gasteiger partial charge in [0.25, 0.3) is 0 Å². The van der Waals surface area contributed by atoms with Crippen LogP contribution in [0.15, 0.2) is 30.2 Å². The summed E-state index contributed by atoms with van der Waals surface area (Å²) in [5.74, 6) is 0.610. The van der Waals surface area contributed by atoms with E-state index in [4.69, 9.17) is 0 Å². The zero-order valence-electron chi connectivity index (χ0n) is 9.08. The van der Waals surface area contributed by atoms with Gasteiger partial charge in [-0.2, -0.15) is 0 Å². The smallest absolute Gasteiger partial charge is 0.224 e. The molecular weight excluding hydrogens is 234 g/mol. The van der Waals surface area contributed by atoms with E-state index in [9.17, 15) is 0 Å². The Morgan fingerprint density at radius 3 is 2.76 bits per heavy atom. The first kappa shape index (κ1) is 10.1. The van der Waals surface area contributed by atoms with Gasteiger partial charge in [0.15, 0.2) is 0 Å². The highest BCUT2D eigenvalue weighted by Crippen LogP contribution is 2.29. The van der Waals surface area contributed by atoms with Gasteiger partial charge in [-0.15, -0.1) is 11.3 Å². The first-order valence-electron chi connectivity index (χ1n) is 5.07. The largest absolute Gasteiger partial charge is 0.357 e. The number of hydrogen-bond acceptors (Lipinski definition) is 6. The molecule has 0 aromatic carbocycles. The first-order chi connectivity index (χ1) is 8.38. The second kappa shape index (κ2) is 4.06. The van der Waals surface area contributed by atoms with Crippen LogP contribution >= 0.6 is 11.3 Å². The van der Waals surface area contributed by atoms with Crippen molar-refractivity contribution in [2.45, 2.75) is 0 Å². The molecule has 6 heteroatoms. The van der Waals surface area contributed by atoms with Gasteiger partial charge in [-0.1, -0.05) is 0 Å². The van der Waals surface area contributed by atoms with E-state index in [2.05, 4.69) is 25.3 Å². The van der Waals surface area contributed by atoms with Gasteiger partial charge >= 0.3 is 0 Å². The van der Waals surface area contributed by atoms with E-state index in [0.29, 0.717) is 5.95 Å². The number of nitrogens with zero attached hydrogens (tertiary/aromatic N) is 4. The Morgan fingerprint density at radius 1 is 1.18 bits per heavy atom. The first-order valence-corrected chi connectivity index (χ1v) is 5.95. The standard InChI is InChI=1S/C11H9N5S/c1-12-11-15-9(7-4-13-6-14-5-7)8-2-3-17-10(8)16-11/h2-6H,1H3,(H,12,15,16). The quantitative estimate of drug-likeness (QED) is 0.747. The van der Waals surface area contributed by atoms with Crippen LogP contribution in [0.2, 0.25) is 0 Å². The van der Waals surface area contributed by atoms with Crippen molar-refractivity contribution in [1.82, 2.24) is 19.9 Å². The van der Waals surface area contributed by atoms with Crippen molar-refractivity contribution in [3.63, 3.8) is 0 Å². The van der Waals surface area contributed by atoms with Crippen LogP contribution in [0.5, 0.6) is 0 Å². The molecule has 0 spiro atoms. The fourth-order valence-corrected chi connectivity index (χ4v) is 2.37. The third-order valence-corrected chi connectivity index (χ3v) is 3.19. The maximum absolute atomic E-state index is 4.47. The van der Waals surface area contributed by atoms with E-state index in [1.807, 2.05) is 11.4 Å². The van der Waals surface area contributed by atoms with E-state index >= 15 is 0 Å². The third-order valence-electron chi connectivity index (χ3n) is 2.38.